The number of aryl methyl sites for hydroxylation is 1. The third-order valence-electron chi connectivity index (χ3n) is 2.46. The van der Waals surface area contributed by atoms with E-state index < -0.39 is 5.95 Å². The molecule has 18 heavy (non-hydrogen) atoms. The highest BCUT2D eigenvalue weighted by atomic mass is 19.1. The maximum atomic E-state index is 12.6. The van der Waals surface area contributed by atoms with Crippen LogP contribution in [-0.2, 0) is 11.2 Å². The maximum absolute atomic E-state index is 12.6. The van der Waals surface area contributed by atoms with Crippen molar-refractivity contribution < 1.29 is 9.18 Å². The Balaban J connectivity index is 2.01. The van der Waals surface area contributed by atoms with Crippen molar-refractivity contribution in [2.24, 2.45) is 0 Å². The summed E-state index contributed by atoms with van der Waals surface area (Å²) in [5.41, 5.74) is 2.16. The van der Waals surface area contributed by atoms with E-state index in [1.807, 2.05) is 19.1 Å². The van der Waals surface area contributed by atoms with E-state index in [1.54, 1.807) is 6.20 Å². The minimum atomic E-state index is -0.575. The van der Waals surface area contributed by atoms with E-state index in [2.05, 4.69) is 15.3 Å². The summed E-state index contributed by atoms with van der Waals surface area (Å²) in [6.07, 6.45) is 3.11. The lowest BCUT2D eigenvalue weighted by molar-refractivity contribution is -0.115. The molecule has 92 valence electrons. The van der Waals surface area contributed by atoms with Gasteiger partial charge in [-0.15, -0.1) is 0 Å². The van der Waals surface area contributed by atoms with Gasteiger partial charge in [-0.3, -0.25) is 9.78 Å². The van der Waals surface area contributed by atoms with E-state index in [0.29, 0.717) is 5.69 Å². The van der Waals surface area contributed by atoms with E-state index in [9.17, 15) is 9.18 Å². The maximum Gasteiger partial charge on any atom is 0.230 e. The number of halogens is 1. The Morgan fingerprint density at radius 3 is 2.83 bits per heavy atom. The standard InChI is InChI=1S/C13H12FN3O/c1-9-3-2-6-15-11(9)7-13(18)17-10-4-5-12(14)16-8-10/h2-6,8H,7H2,1H3,(H,17,18). The van der Waals surface area contributed by atoms with Crippen LogP contribution in [0.25, 0.3) is 0 Å². The van der Waals surface area contributed by atoms with Crippen LogP contribution in [0.5, 0.6) is 0 Å². The van der Waals surface area contributed by atoms with Crippen LogP contribution >= 0.6 is 0 Å². The average molecular weight is 245 g/mol. The molecule has 5 heteroatoms. The summed E-state index contributed by atoms with van der Waals surface area (Å²) in [6, 6.07) is 6.38. The molecule has 0 bridgehead atoms. The van der Waals surface area contributed by atoms with Gasteiger partial charge in [0.05, 0.1) is 24.0 Å². The summed E-state index contributed by atoms with van der Waals surface area (Å²) in [5.74, 6) is -0.779. The van der Waals surface area contributed by atoms with Gasteiger partial charge >= 0.3 is 0 Å². The lowest BCUT2D eigenvalue weighted by atomic mass is 10.1. The van der Waals surface area contributed by atoms with Gasteiger partial charge in [0.15, 0.2) is 0 Å². The second-order valence-electron chi connectivity index (χ2n) is 3.86. The summed E-state index contributed by atoms with van der Waals surface area (Å²) in [4.78, 5) is 19.3. The molecule has 2 rings (SSSR count). The number of carbonyl (C=O) groups excluding carboxylic acids is 1. The number of pyridine rings is 2. The number of amides is 1. The third-order valence-corrected chi connectivity index (χ3v) is 2.46. The summed E-state index contributed by atoms with van der Waals surface area (Å²) in [6.45, 7) is 1.90. The van der Waals surface area contributed by atoms with E-state index in [1.165, 1.54) is 18.3 Å². The zero-order valence-electron chi connectivity index (χ0n) is 9.85. The topological polar surface area (TPSA) is 54.9 Å². The first-order valence-corrected chi connectivity index (χ1v) is 5.47. The molecule has 4 nitrogen and oxygen atoms in total. The van der Waals surface area contributed by atoms with Gasteiger partial charge in [-0.2, -0.15) is 4.39 Å². The Kier molecular flexibility index (Phi) is 3.62. The van der Waals surface area contributed by atoms with Crippen LogP contribution in [0.2, 0.25) is 0 Å². The van der Waals surface area contributed by atoms with Crippen LogP contribution in [0, 0.1) is 12.9 Å². The first kappa shape index (κ1) is 12.2. The number of anilines is 1. The third kappa shape index (κ3) is 3.10. The fourth-order valence-corrected chi connectivity index (χ4v) is 1.51. The van der Waals surface area contributed by atoms with Crippen LogP contribution < -0.4 is 5.32 Å². The Morgan fingerprint density at radius 2 is 2.17 bits per heavy atom. The number of nitrogens with zero attached hydrogens (tertiary/aromatic N) is 2. The quantitative estimate of drug-likeness (QED) is 0.842. The lowest BCUT2D eigenvalue weighted by Crippen LogP contribution is -2.16. The van der Waals surface area contributed by atoms with Gasteiger partial charge in [-0.1, -0.05) is 6.07 Å². The van der Waals surface area contributed by atoms with Gasteiger partial charge in [0.1, 0.15) is 0 Å². The molecule has 1 amide bonds. The first-order chi connectivity index (χ1) is 8.65. The summed E-state index contributed by atoms with van der Waals surface area (Å²) in [7, 11) is 0. The van der Waals surface area contributed by atoms with Crippen molar-refractivity contribution >= 4 is 11.6 Å². The fraction of sp³-hybridized carbons (Fsp3) is 0.154. The number of rotatable bonds is 3. The Bertz CT molecular complexity index is 554. The summed E-state index contributed by atoms with van der Waals surface area (Å²) < 4.78 is 12.6. The van der Waals surface area contributed by atoms with Crippen molar-refractivity contribution in [1.29, 1.82) is 0 Å². The van der Waals surface area contributed by atoms with Gasteiger partial charge in [0.25, 0.3) is 0 Å². The minimum Gasteiger partial charge on any atom is -0.324 e. The molecule has 0 radical (unpaired) electrons. The second kappa shape index (κ2) is 5.35. The number of hydrogen-bond donors (Lipinski definition) is 1. The summed E-state index contributed by atoms with van der Waals surface area (Å²) >= 11 is 0. The number of aromatic nitrogens is 2. The second-order valence-corrected chi connectivity index (χ2v) is 3.86. The van der Waals surface area contributed by atoms with Gasteiger partial charge in [0.2, 0.25) is 11.9 Å². The van der Waals surface area contributed by atoms with Gasteiger partial charge < -0.3 is 5.32 Å². The molecule has 0 aliphatic carbocycles. The van der Waals surface area contributed by atoms with Crippen LogP contribution in [0.1, 0.15) is 11.3 Å². The van der Waals surface area contributed by atoms with Crippen molar-refractivity contribution in [3.8, 4) is 0 Å². The molecule has 2 aromatic heterocycles. The number of nitrogens with one attached hydrogen (secondary N) is 1. The highest BCUT2D eigenvalue weighted by molar-refractivity contribution is 5.91. The largest absolute Gasteiger partial charge is 0.324 e. The van der Waals surface area contributed by atoms with Crippen LogP contribution in [0.4, 0.5) is 10.1 Å². The first-order valence-electron chi connectivity index (χ1n) is 5.47. The molecule has 0 spiro atoms. The van der Waals surface area contributed by atoms with Crippen molar-refractivity contribution in [3.05, 3.63) is 53.9 Å². The monoisotopic (exact) mass is 245 g/mol. The Labute approximate surface area is 104 Å². The molecule has 0 aromatic carbocycles. The van der Waals surface area contributed by atoms with E-state index in [0.717, 1.165) is 11.3 Å². The molecule has 1 N–H and O–H groups in total. The average Bonchev–Trinajstić information content (AvgIpc) is 2.35. The van der Waals surface area contributed by atoms with Crippen molar-refractivity contribution in [3.63, 3.8) is 0 Å². The molecule has 2 heterocycles. The van der Waals surface area contributed by atoms with Crippen molar-refractivity contribution in [1.82, 2.24) is 9.97 Å². The SMILES string of the molecule is Cc1cccnc1CC(=O)Nc1ccc(F)nc1. The number of hydrogen-bond acceptors (Lipinski definition) is 3. The van der Waals surface area contributed by atoms with Gasteiger partial charge in [-0.25, -0.2) is 4.98 Å². The smallest absolute Gasteiger partial charge is 0.230 e. The molecule has 0 saturated carbocycles. The van der Waals surface area contributed by atoms with Crippen LogP contribution in [-0.4, -0.2) is 15.9 Å². The molecule has 0 fully saturated rings. The van der Waals surface area contributed by atoms with Crippen molar-refractivity contribution in [2.75, 3.05) is 5.32 Å². The number of carbonyl (C=O) groups is 1. The zero-order chi connectivity index (χ0) is 13.0. The highest BCUT2D eigenvalue weighted by Gasteiger charge is 2.07. The minimum absolute atomic E-state index is 0.185. The summed E-state index contributed by atoms with van der Waals surface area (Å²) in [5, 5.41) is 2.64. The van der Waals surface area contributed by atoms with Gasteiger partial charge in [-0.05, 0) is 30.7 Å². The highest BCUT2D eigenvalue weighted by Crippen LogP contribution is 2.08. The van der Waals surface area contributed by atoms with Crippen molar-refractivity contribution in [2.45, 2.75) is 13.3 Å². The molecule has 2 aromatic rings. The lowest BCUT2D eigenvalue weighted by Gasteiger charge is -2.06. The van der Waals surface area contributed by atoms with Crippen LogP contribution in [0.15, 0.2) is 36.7 Å². The normalized spacial score (nSPS) is 10.1. The predicted molar refractivity (Wildman–Crippen MR) is 65.5 cm³/mol. The Hall–Kier alpha value is -2.30. The zero-order valence-corrected chi connectivity index (χ0v) is 9.85. The molecule has 0 saturated heterocycles. The molecule has 0 aliphatic heterocycles. The van der Waals surface area contributed by atoms with E-state index in [-0.39, 0.29) is 12.3 Å². The van der Waals surface area contributed by atoms with E-state index in [4.69, 9.17) is 0 Å². The van der Waals surface area contributed by atoms with Crippen LogP contribution in [0.3, 0.4) is 0 Å². The Morgan fingerprint density at radius 1 is 1.33 bits per heavy atom. The molecular formula is C13H12FN3O. The molecule has 0 aliphatic rings. The predicted octanol–water partition coefficient (Wildman–Crippen LogP) is 2.11. The molecule has 0 unspecified atom stereocenters. The fourth-order valence-electron chi connectivity index (χ4n) is 1.51. The van der Waals surface area contributed by atoms with Gasteiger partial charge in [0, 0.05) is 6.20 Å². The van der Waals surface area contributed by atoms with E-state index >= 15 is 0 Å². The molecule has 0 atom stereocenters. The molecular weight excluding hydrogens is 233 g/mol.